The van der Waals surface area contributed by atoms with Crippen LogP contribution < -0.4 is 9.64 Å². The van der Waals surface area contributed by atoms with Crippen molar-refractivity contribution >= 4 is 16.7 Å². The minimum absolute atomic E-state index is 0.0583. The molecule has 10 heteroatoms. The monoisotopic (exact) mass is 486 g/mol. The maximum Gasteiger partial charge on any atom is 0.408 e. The van der Waals surface area contributed by atoms with Crippen LogP contribution in [0.3, 0.4) is 0 Å². The second-order valence-corrected chi connectivity index (χ2v) is 8.21. The average Bonchev–Trinajstić information content (AvgIpc) is 3.35. The number of nitrogens with zero attached hydrogens (tertiary/aromatic N) is 4. The van der Waals surface area contributed by atoms with Gasteiger partial charge in [0.25, 0.3) is 0 Å². The smallest absolute Gasteiger partial charge is 0.408 e. The fourth-order valence-corrected chi connectivity index (χ4v) is 4.39. The van der Waals surface area contributed by atoms with Crippen LogP contribution in [0.1, 0.15) is 12.8 Å². The van der Waals surface area contributed by atoms with E-state index < -0.39 is 23.9 Å². The number of pyridine rings is 1. The molecule has 2 aromatic heterocycles. The highest BCUT2D eigenvalue weighted by molar-refractivity contribution is 5.98. The lowest BCUT2D eigenvalue weighted by atomic mass is 10.0. The number of alkyl halides is 3. The molecule has 1 saturated heterocycles. The Balaban J connectivity index is 1.79. The van der Waals surface area contributed by atoms with E-state index in [1.165, 1.54) is 24.3 Å². The normalized spacial score (nSPS) is 16.2. The van der Waals surface area contributed by atoms with Gasteiger partial charge in [0.15, 0.2) is 17.5 Å². The maximum absolute atomic E-state index is 13.9. The van der Waals surface area contributed by atoms with Gasteiger partial charge in [0.1, 0.15) is 23.1 Å². The van der Waals surface area contributed by atoms with Crippen molar-refractivity contribution in [3.8, 4) is 28.3 Å². The van der Waals surface area contributed by atoms with Gasteiger partial charge in [0.2, 0.25) is 0 Å². The van der Waals surface area contributed by atoms with Crippen LogP contribution in [0.25, 0.3) is 33.4 Å². The van der Waals surface area contributed by atoms with Crippen LogP contribution >= 0.6 is 0 Å². The molecule has 1 atom stereocenters. The summed E-state index contributed by atoms with van der Waals surface area (Å²) in [7, 11) is 1.41. The fraction of sp³-hybridized carbons (Fsp3) is 0.240. The zero-order valence-corrected chi connectivity index (χ0v) is 18.5. The number of rotatable bonds is 4. The predicted octanol–water partition coefficient (Wildman–Crippen LogP) is 6.18. The standard InChI is InChI=1S/C25H19F5N4O/c1-35-20-12-16(14-6-7-18(26)19(27)11-14)10-17-22(20)32-23(15-4-2-8-31-13-15)33-24(17)34-9-3-5-21(34)25(28,29)30/h2,4,6-8,10-13,21H,3,5,9H2,1H3. The third kappa shape index (κ3) is 4.24. The molecular weight excluding hydrogens is 467 g/mol. The molecule has 0 saturated carbocycles. The highest BCUT2D eigenvalue weighted by Crippen LogP contribution is 2.42. The van der Waals surface area contributed by atoms with Crippen LogP contribution in [0.2, 0.25) is 0 Å². The summed E-state index contributed by atoms with van der Waals surface area (Å²) in [6.45, 7) is 0.153. The third-order valence-corrected chi connectivity index (χ3v) is 6.04. The van der Waals surface area contributed by atoms with E-state index in [4.69, 9.17) is 4.74 Å². The molecule has 5 rings (SSSR count). The molecule has 2 aromatic carbocycles. The van der Waals surface area contributed by atoms with Crippen LogP contribution in [0.5, 0.6) is 5.75 Å². The van der Waals surface area contributed by atoms with Gasteiger partial charge < -0.3 is 9.64 Å². The van der Waals surface area contributed by atoms with Crippen molar-refractivity contribution < 1.29 is 26.7 Å². The second-order valence-electron chi connectivity index (χ2n) is 8.21. The lowest BCUT2D eigenvalue weighted by Gasteiger charge is -2.29. The minimum Gasteiger partial charge on any atom is -0.494 e. The molecule has 1 unspecified atom stereocenters. The first-order chi connectivity index (χ1) is 16.8. The molecule has 0 amide bonds. The van der Waals surface area contributed by atoms with E-state index in [1.807, 2.05) is 0 Å². The Morgan fingerprint density at radius 1 is 0.971 bits per heavy atom. The van der Waals surface area contributed by atoms with Crippen LogP contribution in [-0.4, -0.2) is 40.8 Å². The van der Waals surface area contributed by atoms with Crippen molar-refractivity contribution in [2.45, 2.75) is 25.1 Å². The summed E-state index contributed by atoms with van der Waals surface area (Å²) >= 11 is 0. The first-order valence-corrected chi connectivity index (χ1v) is 10.8. The molecule has 1 fully saturated rings. The van der Waals surface area contributed by atoms with Gasteiger partial charge >= 0.3 is 6.18 Å². The molecule has 180 valence electrons. The number of fused-ring (bicyclic) bond motifs is 1. The number of methoxy groups -OCH3 is 1. The average molecular weight is 486 g/mol. The Morgan fingerprint density at radius 2 is 1.80 bits per heavy atom. The summed E-state index contributed by atoms with van der Waals surface area (Å²) in [5.41, 5.74) is 1.59. The van der Waals surface area contributed by atoms with Gasteiger partial charge in [0.05, 0.1) is 7.11 Å². The third-order valence-electron chi connectivity index (χ3n) is 6.04. The maximum atomic E-state index is 13.9. The Hall–Kier alpha value is -3.82. The number of hydrogen-bond donors (Lipinski definition) is 0. The largest absolute Gasteiger partial charge is 0.494 e. The summed E-state index contributed by atoms with van der Waals surface area (Å²) in [6.07, 6.45) is -1.07. The molecule has 1 aliphatic heterocycles. The van der Waals surface area contributed by atoms with Gasteiger partial charge in [-0.3, -0.25) is 4.98 Å². The molecule has 35 heavy (non-hydrogen) atoms. The molecule has 0 spiro atoms. The summed E-state index contributed by atoms with van der Waals surface area (Å²) in [6, 6.07) is 8.26. The Bertz CT molecular complexity index is 1390. The lowest BCUT2D eigenvalue weighted by molar-refractivity contribution is -0.146. The van der Waals surface area contributed by atoms with E-state index in [-0.39, 0.29) is 30.4 Å². The SMILES string of the molecule is COc1cc(-c2ccc(F)c(F)c2)cc2c(N3CCCC3C(F)(F)F)nc(-c3cccnc3)nc12. The zero-order chi connectivity index (χ0) is 24.7. The highest BCUT2D eigenvalue weighted by Gasteiger charge is 2.47. The molecule has 1 aliphatic rings. The first kappa shape index (κ1) is 22.9. The van der Waals surface area contributed by atoms with Crippen molar-refractivity contribution in [3.05, 3.63) is 66.5 Å². The van der Waals surface area contributed by atoms with Crippen LogP contribution in [-0.2, 0) is 0 Å². The van der Waals surface area contributed by atoms with Crippen molar-refractivity contribution in [1.82, 2.24) is 15.0 Å². The van der Waals surface area contributed by atoms with E-state index in [0.29, 0.717) is 34.0 Å². The van der Waals surface area contributed by atoms with Crippen molar-refractivity contribution in [2.24, 2.45) is 0 Å². The molecule has 4 aromatic rings. The second kappa shape index (κ2) is 8.75. The summed E-state index contributed by atoms with van der Waals surface area (Å²) in [4.78, 5) is 14.4. The number of halogens is 5. The van der Waals surface area contributed by atoms with Gasteiger partial charge in [-0.2, -0.15) is 13.2 Å². The van der Waals surface area contributed by atoms with Crippen LogP contribution in [0.4, 0.5) is 27.8 Å². The molecule has 0 aliphatic carbocycles. The predicted molar refractivity (Wildman–Crippen MR) is 121 cm³/mol. The number of ether oxygens (including phenoxy) is 1. The van der Waals surface area contributed by atoms with E-state index in [2.05, 4.69) is 15.0 Å². The molecular formula is C25H19F5N4O. The van der Waals surface area contributed by atoms with Crippen LogP contribution in [0.15, 0.2) is 54.9 Å². The van der Waals surface area contributed by atoms with E-state index in [1.54, 1.807) is 30.5 Å². The van der Waals surface area contributed by atoms with Gasteiger partial charge in [-0.1, -0.05) is 6.07 Å². The molecule has 3 heterocycles. The fourth-order valence-electron chi connectivity index (χ4n) is 4.39. The van der Waals surface area contributed by atoms with Gasteiger partial charge in [-0.05, 0) is 60.4 Å². The van der Waals surface area contributed by atoms with Gasteiger partial charge in [0, 0.05) is 29.9 Å². The summed E-state index contributed by atoms with van der Waals surface area (Å²) < 4.78 is 74.7. The van der Waals surface area contributed by atoms with E-state index in [0.717, 1.165) is 12.1 Å². The quantitative estimate of drug-likeness (QED) is 0.323. The van der Waals surface area contributed by atoms with Gasteiger partial charge in [-0.15, -0.1) is 0 Å². The van der Waals surface area contributed by atoms with Crippen molar-refractivity contribution in [1.29, 1.82) is 0 Å². The Morgan fingerprint density at radius 3 is 2.49 bits per heavy atom. The number of aromatic nitrogens is 3. The highest BCUT2D eigenvalue weighted by atomic mass is 19.4. The Kier molecular flexibility index (Phi) is 5.74. The topological polar surface area (TPSA) is 51.1 Å². The Labute approximate surface area is 197 Å². The van der Waals surface area contributed by atoms with Crippen molar-refractivity contribution in [3.63, 3.8) is 0 Å². The summed E-state index contributed by atoms with van der Waals surface area (Å²) in [5, 5.41) is 0.313. The van der Waals surface area contributed by atoms with E-state index >= 15 is 0 Å². The first-order valence-electron chi connectivity index (χ1n) is 10.8. The molecule has 0 bridgehead atoms. The van der Waals surface area contributed by atoms with E-state index in [9.17, 15) is 22.0 Å². The number of benzene rings is 2. The number of hydrogen-bond acceptors (Lipinski definition) is 5. The number of anilines is 1. The molecule has 0 N–H and O–H groups in total. The zero-order valence-electron chi connectivity index (χ0n) is 18.5. The summed E-state index contributed by atoms with van der Waals surface area (Å²) in [5.74, 6) is -1.49. The van der Waals surface area contributed by atoms with Gasteiger partial charge in [-0.25, -0.2) is 18.7 Å². The molecule has 5 nitrogen and oxygen atoms in total. The molecule has 0 radical (unpaired) electrons. The lowest BCUT2D eigenvalue weighted by Crippen LogP contribution is -2.41. The van der Waals surface area contributed by atoms with Crippen molar-refractivity contribution in [2.75, 3.05) is 18.6 Å². The van der Waals surface area contributed by atoms with Crippen LogP contribution in [0, 0.1) is 11.6 Å². The minimum atomic E-state index is -4.45.